The Morgan fingerprint density at radius 2 is 1.64 bits per heavy atom. The van der Waals surface area contributed by atoms with Gasteiger partial charge in [-0.3, -0.25) is 0 Å². The van der Waals surface area contributed by atoms with Gasteiger partial charge in [-0.05, 0) is 36.2 Å². The topological polar surface area (TPSA) is 47.3 Å². The van der Waals surface area contributed by atoms with E-state index >= 15 is 0 Å². The van der Waals surface area contributed by atoms with Crippen molar-refractivity contribution in [3.05, 3.63) is 95.3 Å². The lowest BCUT2D eigenvalue weighted by Crippen LogP contribution is -2.12. The summed E-state index contributed by atoms with van der Waals surface area (Å²) in [5.74, 6) is 1.33. The van der Waals surface area contributed by atoms with E-state index in [1.54, 1.807) is 0 Å². The third-order valence-corrected chi connectivity index (χ3v) is 4.98. The van der Waals surface area contributed by atoms with Crippen LogP contribution in [0.3, 0.4) is 0 Å². The molecule has 0 fully saturated rings. The van der Waals surface area contributed by atoms with Crippen LogP contribution in [0.4, 0.5) is 0 Å². The van der Waals surface area contributed by atoms with Gasteiger partial charge >= 0.3 is 0 Å². The van der Waals surface area contributed by atoms with Gasteiger partial charge in [-0.15, -0.1) is 0 Å². The second kappa shape index (κ2) is 8.46. The normalized spacial score (nSPS) is 12.2. The highest BCUT2D eigenvalue weighted by Gasteiger charge is 2.19. The molecule has 0 unspecified atom stereocenters. The Hall–Kier alpha value is -2.82. The third kappa shape index (κ3) is 3.88. The number of aromatic nitrogens is 2. The van der Waals surface area contributed by atoms with Crippen molar-refractivity contribution in [1.82, 2.24) is 9.55 Å². The first-order chi connectivity index (χ1) is 13.7. The van der Waals surface area contributed by atoms with E-state index in [1.165, 1.54) is 0 Å². The second-order valence-electron chi connectivity index (χ2n) is 6.56. The van der Waals surface area contributed by atoms with Crippen LogP contribution < -0.4 is 4.74 Å². The Morgan fingerprint density at radius 3 is 2.46 bits per heavy atom. The molecule has 5 heteroatoms. The highest BCUT2D eigenvalue weighted by atomic mass is 35.5. The molecule has 1 aromatic heterocycles. The van der Waals surface area contributed by atoms with Gasteiger partial charge in [0, 0.05) is 6.54 Å². The molecule has 0 saturated carbocycles. The molecule has 4 aromatic rings. The maximum Gasteiger partial charge on any atom is 0.143 e. The fourth-order valence-corrected chi connectivity index (χ4v) is 3.48. The van der Waals surface area contributed by atoms with E-state index in [0.717, 1.165) is 23.0 Å². The van der Waals surface area contributed by atoms with Crippen LogP contribution in [0.5, 0.6) is 5.75 Å². The zero-order valence-corrected chi connectivity index (χ0v) is 16.1. The van der Waals surface area contributed by atoms with Gasteiger partial charge in [-0.25, -0.2) is 4.98 Å². The summed E-state index contributed by atoms with van der Waals surface area (Å²) in [4.78, 5) is 4.69. The molecule has 0 spiro atoms. The van der Waals surface area contributed by atoms with Crippen LogP contribution in [0.15, 0.2) is 78.9 Å². The Bertz CT molecular complexity index is 1060. The van der Waals surface area contributed by atoms with Gasteiger partial charge < -0.3 is 14.4 Å². The number of hydrogen-bond acceptors (Lipinski definition) is 3. The van der Waals surface area contributed by atoms with E-state index in [0.29, 0.717) is 29.7 Å². The van der Waals surface area contributed by atoms with Crippen LogP contribution in [0.25, 0.3) is 11.0 Å². The number of rotatable bonds is 7. The number of aryl methyl sites for hydroxylation is 1. The first-order valence-corrected chi connectivity index (χ1v) is 9.67. The van der Waals surface area contributed by atoms with Crippen molar-refractivity contribution < 1.29 is 9.84 Å². The number of aliphatic hydroxyl groups excluding tert-OH is 1. The molecular formula is C23H21ClN2O2. The summed E-state index contributed by atoms with van der Waals surface area (Å²) in [5, 5.41) is 11.5. The van der Waals surface area contributed by atoms with Crippen molar-refractivity contribution in [2.24, 2.45) is 0 Å². The lowest BCUT2D eigenvalue weighted by Gasteiger charge is -2.15. The Labute approximate surface area is 169 Å². The van der Waals surface area contributed by atoms with Crippen LogP contribution in [0.1, 0.15) is 23.9 Å². The monoisotopic (exact) mass is 392 g/mol. The molecule has 3 aromatic carbocycles. The second-order valence-corrected chi connectivity index (χ2v) is 6.96. The molecule has 1 atom stereocenters. The molecular weight excluding hydrogens is 372 g/mol. The largest absolute Gasteiger partial charge is 0.492 e. The van der Waals surface area contributed by atoms with Crippen LogP contribution in [0.2, 0.25) is 5.02 Å². The number of nitrogens with zero attached hydrogens (tertiary/aromatic N) is 2. The molecule has 142 valence electrons. The van der Waals surface area contributed by atoms with Gasteiger partial charge in [-0.2, -0.15) is 0 Å². The molecule has 1 N–H and O–H groups in total. The molecule has 0 radical (unpaired) electrons. The first-order valence-electron chi connectivity index (χ1n) is 9.29. The Morgan fingerprint density at radius 1 is 0.929 bits per heavy atom. The first kappa shape index (κ1) is 18.5. The van der Waals surface area contributed by atoms with Gasteiger partial charge in [0.15, 0.2) is 0 Å². The number of aliphatic hydroxyl groups is 1. The lowest BCUT2D eigenvalue weighted by atomic mass is 10.1. The van der Waals surface area contributed by atoms with Gasteiger partial charge in [0.1, 0.15) is 17.7 Å². The lowest BCUT2D eigenvalue weighted by molar-refractivity contribution is 0.203. The Balaban J connectivity index is 1.54. The standard InChI is InChI=1S/C23H21ClN2O2/c24-18-11-4-7-14-21(18)28-16-8-15-26-20-13-6-5-12-19(20)25-23(26)22(27)17-9-2-1-3-10-17/h1-7,9-14,22,27H,8,15-16H2/t22-/m0/s1. The zero-order valence-electron chi connectivity index (χ0n) is 15.3. The SMILES string of the molecule is O[C@@H](c1ccccc1)c1nc2ccccc2n1CCCOc1ccccc1Cl. The Kier molecular flexibility index (Phi) is 5.60. The number of fused-ring (bicyclic) bond motifs is 1. The molecule has 4 nitrogen and oxygen atoms in total. The maximum absolute atomic E-state index is 10.9. The molecule has 0 aliphatic heterocycles. The summed E-state index contributed by atoms with van der Waals surface area (Å²) in [6, 6.07) is 25.0. The van der Waals surface area contributed by atoms with E-state index in [2.05, 4.69) is 4.57 Å². The minimum absolute atomic E-state index is 0.525. The summed E-state index contributed by atoms with van der Waals surface area (Å²) in [6.07, 6.45) is -0.0156. The molecule has 4 rings (SSSR count). The van der Waals surface area contributed by atoms with Crippen molar-refractivity contribution in [3.63, 3.8) is 0 Å². The highest BCUT2D eigenvalue weighted by molar-refractivity contribution is 6.32. The van der Waals surface area contributed by atoms with E-state index in [-0.39, 0.29) is 0 Å². The average Bonchev–Trinajstić information content (AvgIpc) is 3.11. The van der Waals surface area contributed by atoms with E-state index < -0.39 is 6.10 Å². The molecule has 0 amide bonds. The van der Waals surface area contributed by atoms with Crippen LogP contribution in [-0.2, 0) is 6.54 Å². The molecule has 0 bridgehead atoms. The van der Waals surface area contributed by atoms with Crippen molar-refractivity contribution in [2.75, 3.05) is 6.61 Å². The third-order valence-electron chi connectivity index (χ3n) is 4.66. The summed E-state index contributed by atoms with van der Waals surface area (Å²) in [5.41, 5.74) is 2.70. The predicted molar refractivity (Wildman–Crippen MR) is 112 cm³/mol. The number of hydrogen-bond donors (Lipinski definition) is 1. The van der Waals surface area contributed by atoms with Crippen LogP contribution >= 0.6 is 11.6 Å². The predicted octanol–water partition coefficient (Wildman–Crippen LogP) is 5.24. The number of ether oxygens (including phenoxy) is 1. The zero-order chi connectivity index (χ0) is 19.3. The fourth-order valence-electron chi connectivity index (χ4n) is 3.29. The average molecular weight is 393 g/mol. The van der Waals surface area contributed by atoms with Crippen molar-refractivity contribution in [1.29, 1.82) is 0 Å². The van der Waals surface area contributed by atoms with Crippen LogP contribution in [0, 0.1) is 0 Å². The summed E-state index contributed by atoms with van der Waals surface area (Å²) in [7, 11) is 0. The smallest absolute Gasteiger partial charge is 0.143 e. The van der Waals surface area contributed by atoms with Crippen molar-refractivity contribution in [3.8, 4) is 5.75 Å². The molecule has 1 heterocycles. The number of para-hydroxylation sites is 3. The van der Waals surface area contributed by atoms with Gasteiger partial charge in [0.25, 0.3) is 0 Å². The minimum Gasteiger partial charge on any atom is -0.492 e. The quantitative estimate of drug-likeness (QED) is 0.437. The van der Waals surface area contributed by atoms with Gasteiger partial charge in [-0.1, -0.05) is 66.2 Å². The van der Waals surface area contributed by atoms with Crippen molar-refractivity contribution in [2.45, 2.75) is 19.1 Å². The van der Waals surface area contributed by atoms with Crippen molar-refractivity contribution >= 4 is 22.6 Å². The fraction of sp³-hybridized carbons (Fsp3) is 0.174. The minimum atomic E-state index is -0.780. The van der Waals surface area contributed by atoms with Gasteiger partial charge in [0.2, 0.25) is 0 Å². The molecule has 0 saturated heterocycles. The molecule has 28 heavy (non-hydrogen) atoms. The summed E-state index contributed by atoms with van der Waals surface area (Å²) >= 11 is 6.14. The van der Waals surface area contributed by atoms with Crippen LogP contribution in [-0.4, -0.2) is 21.3 Å². The summed E-state index contributed by atoms with van der Waals surface area (Å²) in [6.45, 7) is 1.21. The molecule has 0 aliphatic rings. The number of benzene rings is 3. The summed E-state index contributed by atoms with van der Waals surface area (Å²) < 4.78 is 7.88. The molecule has 0 aliphatic carbocycles. The maximum atomic E-state index is 10.9. The van der Waals surface area contributed by atoms with E-state index in [9.17, 15) is 5.11 Å². The van der Waals surface area contributed by atoms with E-state index in [4.69, 9.17) is 21.3 Å². The number of halogens is 1. The number of imidazole rings is 1. The van der Waals surface area contributed by atoms with E-state index in [1.807, 2.05) is 78.9 Å². The highest BCUT2D eigenvalue weighted by Crippen LogP contribution is 2.26. The van der Waals surface area contributed by atoms with Gasteiger partial charge in [0.05, 0.1) is 22.7 Å².